The molecular formula is C18H20N2O. The lowest BCUT2D eigenvalue weighted by Crippen LogP contribution is -2.31. The highest BCUT2D eigenvalue weighted by atomic mass is 16.2. The number of rotatable bonds is 2. The molecule has 1 N–H and O–H groups in total. The minimum Gasteiger partial charge on any atom is -0.344 e. The van der Waals surface area contributed by atoms with Crippen LogP contribution in [0.25, 0.3) is 0 Å². The molecule has 3 rings (SSSR count). The van der Waals surface area contributed by atoms with E-state index in [1.807, 2.05) is 24.1 Å². The Labute approximate surface area is 125 Å². The molecule has 2 aromatic carbocycles. The average molecular weight is 280 g/mol. The summed E-state index contributed by atoms with van der Waals surface area (Å²) in [7, 11) is 1.88. The SMILES string of the molecule is CN1C[C@H](c2ccccc2)[C@@H](c2ccccc2)NCC1=O. The maximum Gasteiger partial charge on any atom is 0.236 e. The summed E-state index contributed by atoms with van der Waals surface area (Å²) < 4.78 is 0. The number of benzene rings is 2. The highest BCUT2D eigenvalue weighted by Gasteiger charge is 2.30. The quantitative estimate of drug-likeness (QED) is 0.917. The normalized spacial score (nSPS) is 22.9. The van der Waals surface area contributed by atoms with Gasteiger partial charge in [0.15, 0.2) is 0 Å². The molecule has 0 spiro atoms. The van der Waals surface area contributed by atoms with Crippen molar-refractivity contribution in [3.63, 3.8) is 0 Å². The van der Waals surface area contributed by atoms with Gasteiger partial charge >= 0.3 is 0 Å². The molecule has 108 valence electrons. The van der Waals surface area contributed by atoms with Crippen molar-refractivity contribution in [2.24, 2.45) is 0 Å². The number of carbonyl (C=O) groups excluding carboxylic acids is 1. The Morgan fingerprint density at radius 1 is 0.952 bits per heavy atom. The molecule has 2 atom stereocenters. The smallest absolute Gasteiger partial charge is 0.236 e. The van der Waals surface area contributed by atoms with Crippen LogP contribution in [0.3, 0.4) is 0 Å². The Balaban J connectivity index is 1.99. The van der Waals surface area contributed by atoms with E-state index < -0.39 is 0 Å². The summed E-state index contributed by atoms with van der Waals surface area (Å²) in [5.74, 6) is 0.402. The molecule has 21 heavy (non-hydrogen) atoms. The molecule has 0 aliphatic carbocycles. The van der Waals surface area contributed by atoms with Crippen molar-refractivity contribution in [2.45, 2.75) is 12.0 Å². The van der Waals surface area contributed by atoms with Gasteiger partial charge in [-0.2, -0.15) is 0 Å². The molecule has 1 heterocycles. The lowest BCUT2D eigenvalue weighted by atomic mass is 9.87. The third-order valence-corrected chi connectivity index (χ3v) is 4.16. The largest absolute Gasteiger partial charge is 0.344 e. The van der Waals surface area contributed by atoms with E-state index >= 15 is 0 Å². The number of likely N-dealkylation sites (N-methyl/N-ethyl adjacent to an activating group) is 1. The molecule has 0 aromatic heterocycles. The molecule has 3 nitrogen and oxygen atoms in total. The second-order valence-electron chi connectivity index (χ2n) is 5.56. The van der Waals surface area contributed by atoms with Gasteiger partial charge < -0.3 is 10.2 Å². The summed E-state index contributed by atoms with van der Waals surface area (Å²) in [4.78, 5) is 13.9. The average Bonchev–Trinajstić information content (AvgIpc) is 2.69. The molecule has 2 aromatic rings. The Morgan fingerprint density at radius 2 is 1.52 bits per heavy atom. The number of amides is 1. The highest BCUT2D eigenvalue weighted by Crippen LogP contribution is 2.32. The van der Waals surface area contributed by atoms with Crippen molar-refractivity contribution in [1.29, 1.82) is 0 Å². The number of nitrogens with one attached hydrogen (secondary N) is 1. The van der Waals surface area contributed by atoms with Gasteiger partial charge in [0.2, 0.25) is 5.91 Å². The summed E-state index contributed by atoms with van der Waals surface area (Å²) in [6.45, 7) is 1.12. The minimum atomic E-state index is 0.148. The van der Waals surface area contributed by atoms with Crippen molar-refractivity contribution in [3.8, 4) is 0 Å². The highest BCUT2D eigenvalue weighted by molar-refractivity contribution is 5.78. The molecule has 0 unspecified atom stereocenters. The Hall–Kier alpha value is -2.13. The Morgan fingerprint density at radius 3 is 2.14 bits per heavy atom. The van der Waals surface area contributed by atoms with Crippen LogP contribution in [0.15, 0.2) is 60.7 Å². The van der Waals surface area contributed by atoms with Crippen molar-refractivity contribution in [1.82, 2.24) is 10.2 Å². The number of nitrogens with zero attached hydrogens (tertiary/aromatic N) is 1. The molecule has 0 bridgehead atoms. The van der Waals surface area contributed by atoms with E-state index in [-0.39, 0.29) is 17.9 Å². The van der Waals surface area contributed by atoms with Crippen LogP contribution in [0, 0.1) is 0 Å². The molecule has 0 radical (unpaired) electrons. The van der Waals surface area contributed by atoms with Crippen LogP contribution in [0.4, 0.5) is 0 Å². The second-order valence-corrected chi connectivity index (χ2v) is 5.56. The first-order valence-corrected chi connectivity index (χ1v) is 7.33. The van der Waals surface area contributed by atoms with E-state index in [0.29, 0.717) is 6.54 Å². The lowest BCUT2D eigenvalue weighted by molar-refractivity contribution is -0.128. The number of hydrogen-bond donors (Lipinski definition) is 1. The van der Waals surface area contributed by atoms with Crippen LogP contribution in [0.1, 0.15) is 23.1 Å². The first kappa shape index (κ1) is 13.8. The van der Waals surface area contributed by atoms with E-state index in [9.17, 15) is 4.79 Å². The molecule has 0 saturated carbocycles. The first-order valence-electron chi connectivity index (χ1n) is 7.33. The van der Waals surface area contributed by atoms with Gasteiger partial charge in [-0.05, 0) is 11.1 Å². The maximum absolute atomic E-state index is 12.0. The number of hydrogen-bond acceptors (Lipinski definition) is 2. The summed E-state index contributed by atoms with van der Waals surface area (Å²) >= 11 is 0. The monoisotopic (exact) mass is 280 g/mol. The van der Waals surface area contributed by atoms with E-state index in [1.54, 1.807) is 0 Å². The summed E-state index contributed by atoms with van der Waals surface area (Å²) in [5.41, 5.74) is 2.50. The molecule has 1 saturated heterocycles. The Kier molecular flexibility index (Phi) is 4.02. The molecule has 3 heteroatoms. The molecule has 1 aliphatic heterocycles. The zero-order valence-corrected chi connectivity index (χ0v) is 12.2. The summed E-state index contributed by atoms with van der Waals surface area (Å²) in [6.07, 6.45) is 0. The molecule has 1 aliphatic rings. The van der Waals surface area contributed by atoms with Gasteiger partial charge in [-0.15, -0.1) is 0 Å². The van der Waals surface area contributed by atoms with Gasteiger partial charge in [-0.1, -0.05) is 60.7 Å². The van der Waals surface area contributed by atoms with Crippen LogP contribution >= 0.6 is 0 Å². The third kappa shape index (κ3) is 2.98. The van der Waals surface area contributed by atoms with Crippen LogP contribution in [-0.2, 0) is 4.79 Å². The zero-order valence-electron chi connectivity index (χ0n) is 12.2. The van der Waals surface area contributed by atoms with Gasteiger partial charge in [0.1, 0.15) is 0 Å². The van der Waals surface area contributed by atoms with E-state index in [1.165, 1.54) is 11.1 Å². The zero-order chi connectivity index (χ0) is 14.7. The van der Waals surface area contributed by atoms with Gasteiger partial charge in [-0.3, -0.25) is 4.79 Å². The van der Waals surface area contributed by atoms with Gasteiger partial charge in [0.05, 0.1) is 6.54 Å². The van der Waals surface area contributed by atoms with Crippen LogP contribution in [0.5, 0.6) is 0 Å². The predicted octanol–water partition coefficient (Wildman–Crippen LogP) is 2.57. The van der Waals surface area contributed by atoms with Crippen molar-refractivity contribution in [2.75, 3.05) is 20.1 Å². The fourth-order valence-corrected chi connectivity index (χ4v) is 2.99. The lowest BCUT2D eigenvalue weighted by Gasteiger charge is -2.28. The minimum absolute atomic E-state index is 0.148. The topological polar surface area (TPSA) is 32.3 Å². The standard InChI is InChI=1S/C18H20N2O/c1-20-13-16(14-8-4-2-5-9-14)18(19-12-17(20)21)15-10-6-3-7-11-15/h2-11,16,18-19H,12-13H2,1H3/t16-,18-/m1/s1. The molecular weight excluding hydrogens is 260 g/mol. The van der Waals surface area contributed by atoms with Crippen LogP contribution < -0.4 is 5.32 Å². The fourth-order valence-electron chi connectivity index (χ4n) is 2.99. The third-order valence-electron chi connectivity index (χ3n) is 4.16. The fraction of sp³-hybridized carbons (Fsp3) is 0.278. The van der Waals surface area contributed by atoms with Crippen LogP contribution in [-0.4, -0.2) is 30.9 Å². The van der Waals surface area contributed by atoms with E-state index in [0.717, 1.165) is 6.54 Å². The Bertz CT molecular complexity index is 597. The second kappa shape index (κ2) is 6.10. The number of carbonyl (C=O) groups is 1. The van der Waals surface area contributed by atoms with Crippen molar-refractivity contribution >= 4 is 5.91 Å². The molecule has 1 amide bonds. The molecule has 1 fully saturated rings. The van der Waals surface area contributed by atoms with Gasteiger partial charge in [0.25, 0.3) is 0 Å². The summed E-state index contributed by atoms with van der Waals surface area (Å²) in [5, 5.41) is 3.44. The predicted molar refractivity (Wildman–Crippen MR) is 84.0 cm³/mol. The van der Waals surface area contributed by atoms with Crippen LogP contribution in [0.2, 0.25) is 0 Å². The maximum atomic E-state index is 12.0. The van der Waals surface area contributed by atoms with E-state index in [4.69, 9.17) is 0 Å². The van der Waals surface area contributed by atoms with Crippen molar-refractivity contribution in [3.05, 3.63) is 71.8 Å². The first-order chi connectivity index (χ1) is 10.3. The van der Waals surface area contributed by atoms with E-state index in [2.05, 4.69) is 53.8 Å². The van der Waals surface area contributed by atoms with Gasteiger partial charge in [-0.25, -0.2) is 0 Å². The van der Waals surface area contributed by atoms with Crippen molar-refractivity contribution < 1.29 is 4.79 Å². The summed E-state index contributed by atoms with van der Waals surface area (Å²) in [6, 6.07) is 21.0. The van der Waals surface area contributed by atoms with Gasteiger partial charge in [0, 0.05) is 25.6 Å².